The number of nitrogens with one attached hydrogen (secondary N) is 2. The van der Waals surface area contributed by atoms with Gasteiger partial charge in [0, 0.05) is 24.5 Å². The zero-order chi connectivity index (χ0) is 16.2. The third kappa shape index (κ3) is 4.59. The lowest BCUT2D eigenvalue weighted by Crippen LogP contribution is -2.14. The van der Waals surface area contributed by atoms with Crippen LogP contribution >= 0.6 is 11.6 Å². The van der Waals surface area contributed by atoms with Gasteiger partial charge in [0.15, 0.2) is 0 Å². The third-order valence-corrected chi connectivity index (χ3v) is 4.12. The van der Waals surface area contributed by atoms with Crippen molar-refractivity contribution in [2.75, 3.05) is 23.7 Å². The molecule has 22 heavy (non-hydrogen) atoms. The first kappa shape index (κ1) is 16.5. The summed E-state index contributed by atoms with van der Waals surface area (Å²) in [7, 11) is -3.67. The zero-order valence-electron chi connectivity index (χ0n) is 11.5. The van der Waals surface area contributed by atoms with Crippen molar-refractivity contribution in [3.63, 3.8) is 0 Å². The Morgan fingerprint density at radius 3 is 2.09 bits per heavy atom. The van der Waals surface area contributed by atoms with E-state index < -0.39 is 15.8 Å². The molecule has 0 amide bonds. The molecule has 0 bridgehead atoms. The average Bonchev–Trinajstić information content (AvgIpc) is 2.47. The van der Waals surface area contributed by atoms with E-state index in [0.717, 1.165) is 5.69 Å². The Morgan fingerprint density at radius 2 is 1.55 bits per heavy atom. The van der Waals surface area contributed by atoms with E-state index in [4.69, 9.17) is 16.7 Å². The maximum atomic E-state index is 13.2. The highest BCUT2D eigenvalue weighted by molar-refractivity contribution is 7.89. The second-order valence-electron chi connectivity index (χ2n) is 4.55. The Bertz CT molecular complexity index is 751. The van der Waals surface area contributed by atoms with Gasteiger partial charge in [-0.25, -0.2) is 17.9 Å². The van der Waals surface area contributed by atoms with Crippen molar-refractivity contribution < 1.29 is 12.8 Å². The topological polar surface area (TPSA) is 84.2 Å². The highest BCUT2D eigenvalue weighted by Crippen LogP contribution is 2.18. The van der Waals surface area contributed by atoms with E-state index in [0.29, 0.717) is 18.8 Å². The molecule has 0 heterocycles. The maximum Gasteiger partial charge on any atom is 0.238 e. The molecule has 8 heteroatoms. The van der Waals surface area contributed by atoms with Crippen LogP contribution in [0.5, 0.6) is 0 Å². The summed E-state index contributed by atoms with van der Waals surface area (Å²) < 4.78 is 35.5. The Hall–Kier alpha value is -1.83. The number of hydrogen-bond donors (Lipinski definition) is 3. The van der Waals surface area contributed by atoms with Crippen LogP contribution in [0.25, 0.3) is 0 Å². The Kier molecular flexibility index (Phi) is 5.23. The van der Waals surface area contributed by atoms with E-state index in [1.165, 1.54) is 24.3 Å². The first-order chi connectivity index (χ1) is 10.4. The molecule has 0 atom stereocenters. The summed E-state index contributed by atoms with van der Waals surface area (Å²) in [6, 6.07) is 10.6. The summed E-state index contributed by atoms with van der Waals surface area (Å²) in [5, 5.41) is 11.2. The quantitative estimate of drug-likeness (QED) is 0.704. The van der Waals surface area contributed by atoms with Gasteiger partial charge in [-0.15, -0.1) is 0 Å². The molecule has 118 valence electrons. The van der Waals surface area contributed by atoms with Gasteiger partial charge in [0.25, 0.3) is 0 Å². The lowest BCUT2D eigenvalue weighted by molar-refractivity contribution is 0.598. The van der Waals surface area contributed by atoms with Crippen molar-refractivity contribution in [1.82, 2.24) is 0 Å². The van der Waals surface area contributed by atoms with Gasteiger partial charge in [-0.2, -0.15) is 0 Å². The predicted octanol–water partition coefficient (Wildman–Crippen LogP) is 2.65. The lowest BCUT2D eigenvalue weighted by Gasteiger charge is -2.09. The fourth-order valence-corrected chi connectivity index (χ4v) is 2.42. The van der Waals surface area contributed by atoms with Gasteiger partial charge in [0.1, 0.15) is 5.82 Å². The molecule has 0 spiro atoms. The van der Waals surface area contributed by atoms with Crippen LogP contribution in [0.15, 0.2) is 47.4 Å². The van der Waals surface area contributed by atoms with Crippen molar-refractivity contribution >= 4 is 33.0 Å². The SMILES string of the molecule is NS(=O)(=O)c1ccc(NCCNc2ccc(Cl)c(F)c2)cc1. The van der Waals surface area contributed by atoms with Crippen molar-refractivity contribution in [3.8, 4) is 0 Å². The van der Waals surface area contributed by atoms with Gasteiger partial charge < -0.3 is 10.6 Å². The van der Waals surface area contributed by atoms with Gasteiger partial charge >= 0.3 is 0 Å². The Balaban J connectivity index is 1.82. The van der Waals surface area contributed by atoms with E-state index in [-0.39, 0.29) is 9.92 Å². The van der Waals surface area contributed by atoms with E-state index >= 15 is 0 Å². The summed E-state index contributed by atoms with van der Waals surface area (Å²) in [5.41, 5.74) is 1.39. The van der Waals surface area contributed by atoms with Crippen LogP contribution in [0, 0.1) is 5.82 Å². The Labute approximate surface area is 133 Å². The van der Waals surface area contributed by atoms with Crippen LogP contribution < -0.4 is 15.8 Å². The number of nitrogens with two attached hydrogens (primary N) is 1. The van der Waals surface area contributed by atoms with Gasteiger partial charge in [-0.05, 0) is 42.5 Å². The normalized spacial score (nSPS) is 11.2. The molecule has 4 N–H and O–H groups in total. The average molecular weight is 344 g/mol. The summed E-state index contributed by atoms with van der Waals surface area (Å²) in [6.45, 7) is 1.12. The van der Waals surface area contributed by atoms with Crippen LogP contribution in [0.1, 0.15) is 0 Å². The Morgan fingerprint density at radius 1 is 1.00 bits per heavy atom. The molecule has 0 aliphatic heterocycles. The third-order valence-electron chi connectivity index (χ3n) is 2.89. The van der Waals surface area contributed by atoms with Crippen molar-refractivity contribution in [3.05, 3.63) is 53.3 Å². The molecule has 2 aromatic rings. The summed E-state index contributed by atoms with van der Waals surface area (Å²) in [4.78, 5) is 0.0628. The summed E-state index contributed by atoms with van der Waals surface area (Å²) in [6.07, 6.45) is 0. The molecule has 0 aliphatic carbocycles. The van der Waals surface area contributed by atoms with Crippen molar-refractivity contribution in [2.45, 2.75) is 4.90 Å². The van der Waals surface area contributed by atoms with Crippen LogP contribution in [0.4, 0.5) is 15.8 Å². The first-order valence-electron chi connectivity index (χ1n) is 6.42. The molecule has 0 aliphatic rings. The van der Waals surface area contributed by atoms with Crippen LogP contribution in [-0.2, 0) is 10.0 Å². The smallest absolute Gasteiger partial charge is 0.238 e. The zero-order valence-corrected chi connectivity index (χ0v) is 13.1. The van der Waals surface area contributed by atoms with E-state index in [1.807, 2.05) is 0 Å². The predicted molar refractivity (Wildman–Crippen MR) is 86.2 cm³/mol. The number of hydrogen-bond acceptors (Lipinski definition) is 4. The fraction of sp³-hybridized carbons (Fsp3) is 0.143. The lowest BCUT2D eigenvalue weighted by atomic mass is 10.3. The molecule has 5 nitrogen and oxygen atoms in total. The summed E-state index contributed by atoms with van der Waals surface area (Å²) in [5.74, 6) is -0.474. The minimum atomic E-state index is -3.67. The van der Waals surface area contributed by atoms with Gasteiger partial charge in [-0.1, -0.05) is 11.6 Å². The number of primary sulfonamides is 1. The standard InChI is InChI=1S/C14H15ClFN3O2S/c15-13-6-3-11(9-14(13)16)19-8-7-18-10-1-4-12(5-2-10)22(17,20)21/h1-6,9,18-19H,7-8H2,(H2,17,20,21). The molecule has 2 aromatic carbocycles. The van der Waals surface area contributed by atoms with Crippen LogP contribution in [0.3, 0.4) is 0 Å². The number of anilines is 2. The summed E-state index contributed by atoms with van der Waals surface area (Å²) >= 11 is 5.60. The van der Waals surface area contributed by atoms with E-state index in [9.17, 15) is 12.8 Å². The second-order valence-corrected chi connectivity index (χ2v) is 6.52. The monoisotopic (exact) mass is 343 g/mol. The molecule has 0 aromatic heterocycles. The minimum absolute atomic E-state index is 0.0628. The number of sulfonamides is 1. The fourth-order valence-electron chi connectivity index (χ4n) is 1.78. The molecule has 0 radical (unpaired) electrons. The number of rotatable bonds is 6. The van der Waals surface area contributed by atoms with Crippen LogP contribution in [-0.4, -0.2) is 21.5 Å². The van der Waals surface area contributed by atoms with Crippen molar-refractivity contribution in [1.29, 1.82) is 0 Å². The van der Waals surface area contributed by atoms with Gasteiger partial charge in [-0.3, -0.25) is 0 Å². The minimum Gasteiger partial charge on any atom is -0.383 e. The molecule has 0 fully saturated rings. The van der Waals surface area contributed by atoms with E-state index in [2.05, 4.69) is 10.6 Å². The highest BCUT2D eigenvalue weighted by atomic mass is 35.5. The number of benzene rings is 2. The van der Waals surface area contributed by atoms with Gasteiger partial charge in [0.2, 0.25) is 10.0 Å². The molecule has 0 saturated carbocycles. The molecular weight excluding hydrogens is 329 g/mol. The molecule has 2 rings (SSSR count). The van der Waals surface area contributed by atoms with Crippen molar-refractivity contribution in [2.24, 2.45) is 5.14 Å². The second kappa shape index (κ2) is 6.95. The molecular formula is C14H15ClFN3O2S. The molecule has 0 unspecified atom stereocenters. The maximum absolute atomic E-state index is 13.2. The van der Waals surface area contributed by atoms with E-state index in [1.54, 1.807) is 18.2 Å². The first-order valence-corrected chi connectivity index (χ1v) is 8.34. The highest BCUT2D eigenvalue weighted by Gasteiger charge is 2.06. The number of halogens is 2. The van der Waals surface area contributed by atoms with Gasteiger partial charge in [0.05, 0.1) is 9.92 Å². The molecule has 0 saturated heterocycles. The van der Waals surface area contributed by atoms with Crippen LogP contribution in [0.2, 0.25) is 5.02 Å². The largest absolute Gasteiger partial charge is 0.383 e.